The zero-order chi connectivity index (χ0) is 25.3. The van der Waals surface area contributed by atoms with E-state index in [0.717, 1.165) is 11.8 Å². The Bertz CT molecular complexity index is 1320. The number of hydrogen-bond acceptors (Lipinski definition) is 6. The Morgan fingerprint density at radius 1 is 0.861 bits per heavy atom. The Morgan fingerprint density at radius 3 is 2.22 bits per heavy atom. The molecule has 0 fully saturated rings. The van der Waals surface area contributed by atoms with Crippen LogP contribution >= 0.6 is 11.8 Å². The number of benzene rings is 3. The van der Waals surface area contributed by atoms with E-state index in [2.05, 4.69) is 20.8 Å². The van der Waals surface area contributed by atoms with Gasteiger partial charge in [0.15, 0.2) is 17.6 Å². The lowest BCUT2D eigenvalue weighted by molar-refractivity contribution is -0.123. The van der Waals surface area contributed by atoms with E-state index < -0.39 is 11.6 Å². The lowest BCUT2D eigenvalue weighted by Gasteiger charge is -2.11. The number of para-hydroxylation sites is 1. The molecule has 36 heavy (non-hydrogen) atoms. The first-order valence-electron chi connectivity index (χ1n) is 10.8. The summed E-state index contributed by atoms with van der Waals surface area (Å²) in [6, 6.07) is 20.0. The van der Waals surface area contributed by atoms with Crippen molar-refractivity contribution in [3.63, 3.8) is 0 Å². The molecule has 4 rings (SSSR count). The van der Waals surface area contributed by atoms with Gasteiger partial charge in [-0.3, -0.25) is 14.2 Å². The smallest absolute Gasteiger partial charge is 0.258 e. The summed E-state index contributed by atoms with van der Waals surface area (Å²) in [7, 11) is 0. The van der Waals surface area contributed by atoms with Crippen LogP contribution in [-0.4, -0.2) is 38.9 Å². The molecule has 8 nitrogen and oxygen atoms in total. The van der Waals surface area contributed by atoms with Gasteiger partial charge in [0.1, 0.15) is 17.4 Å². The van der Waals surface area contributed by atoms with Gasteiger partial charge >= 0.3 is 0 Å². The molecule has 2 N–H and O–H groups in total. The highest BCUT2D eigenvalue weighted by Gasteiger charge is 2.17. The minimum atomic E-state index is -0.410. The van der Waals surface area contributed by atoms with Gasteiger partial charge in [0.05, 0.1) is 12.3 Å². The van der Waals surface area contributed by atoms with Crippen LogP contribution in [0.3, 0.4) is 0 Å². The number of hydrogen-bond donors (Lipinski definition) is 2. The number of rotatable bonds is 10. The maximum absolute atomic E-state index is 13.5. The molecule has 1 heterocycles. The number of carbonyl (C=O) groups is 2. The third-order valence-corrected chi connectivity index (χ3v) is 5.73. The number of amides is 2. The Hall–Kier alpha value is -4.25. The van der Waals surface area contributed by atoms with Crippen LogP contribution in [0.2, 0.25) is 0 Å². The highest BCUT2D eigenvalue weighted by Crippen LogP contribution is 2.23. The Labute approximate surface area is 209 Å². The van der Waals surface area contributed by atoms with Crippen molar-refractivity contribution >= 4 is 29.3 Å². The van der Waals surface area contributed by atoms with Gasteiger partial charge in [0.2, 0.25) is 5.91 Å². The summed E-state index contributed by atoms with van der Waals surface area (Å²) in [5.41, 5.74) is 1.02. The first kappa shape index (κ1) is 24.9. The predicted octanol–water partition coefficient (Wildman–Crippen LogP) is 3.97. The van der Waals surface area contributed by atoms with Crippen LogP contribution in [0, 0.1) is 11.6 Å². The van der Waals surface area contributed by atoms with Crippen molar-refractivity contribution in [2.45, 2.75) is 11.7 Å². The van der Waals surface area contributed by atoms with Gasteiger partial charge in [-0.05, 0) is 60.7 Å². The van der Waals surface area contributed by atoms with Crippen molar-refractivity contribution in [1.29, 1.82) is 0 Å². The summed E-state index contributed by atoms with van der Waals surface area (Å²) in [6.45, 7) is -0.149. The fraction of sp³-hybridized carbons (Fsp3) is 0.120. The average molecular weight is 510 g/mol. The summed E-state index contributed by atoms with van der Waals surface area (Å²) in [6.07, 6.45) is 0. The van der Waals surface area contributed by atoms with E-state index in [4.69, 9.17) is 4.74 Å². The summed E-state index contributed by atoms with van der Waals surface area (Å²) in [5, 5.41) is 14.1. The Morgan fingerprint density at radius 2 is 1.53 bits per heavy atom. The van der Waals surface area contributed by atoms with Crippen molar-refractivity contribution in [3.05, 3.63) is 96.3 Å². The summed E-state index contributed by atoms with van der Waals surface area (Å²) in [5.74, 6) is -0.549. The van der Waals surface area contributed by atoms with Crippen LogP contribution in [0.1, 0.15) is 5.82 Å². The van der Waals surface area contributed by atoms with Crippen LogP contribution in [-0.2, 0) is 16.1 Å². The number of nitrogens with one attached hydrogen (secondary N) is 2. The average Bonchev–Trinajstić information content (AvgIpc) is 3.30. The number of thioether (sulfide) groups is 1. The van der Waals surface area contributed by atoms with E-state index in [1.54, 1.807) is 41.0 Å². The van der Waals surface area contributed by atoms with Gasteiger partial charge in [-0.2, -0.15) is 0 Å². The molecule has 3 aromatic carbocycles. The molecule has 4 aromatic rings. The molecule has 0 aliphatic carbocycles. The van der Waals surface area contributed by atoms with E-state index in [1.165, 1.54) is 36.4 Å². The molecule has 0 bridgehead atoms. The largest absolute Gasteiger partial charge is 0.484 e. The molecule has 0 atom stereocenters. The SMILES string of the molecule is O=C(COc1ccccc1)NCc1nnc(SCC(=O)Nc2ccc(F)cc2)n1-c1ccc(F)cc1. The molecule has 0 saturated heterocycles. The molecule has 0 aliphatic heterocycles. The summed E-state index contributed by atoms with van der Waals surface area (Å²) in [4.78, 5) is 24.6. The predicted molar refractivity (Wildman–Crippen MR) is 131 cm³/mol. The second-order valence-corrected chi connectivity index (χ2v) is 8.38. The van der Waals surface area contributed by atoms with Crippen molar-refractivity contribution in [2.24, 2.45) is 0 Å². The van der Waals surface area contributed by atoms with Crippen LogP contribution in [0.4, 0.5) is 14.5 Å². The standard InChI is InChI=1S/C25H21F2N5O3S/c26-17-6-10-19(11-7-17)29-24(34)16-36-25-31-30-22(32(25)20-12-8-18(27)9-13-20)14-28-23(33)15-35-21-4-2-1-3-5-21/h1-13H,14-16H2,(H,28,33)(H,29,34). The minimum Gasteiger partial charge on any atom is -0.484 e. The second kappa shape index (κ2) is 11.9. The first-order valence-corrected chi connectivity index (χ1v) is 11.8. The van der Waals surface area contributed by atoms with Gasteiger partial charge in [-0.1, -0.05) is 30.0 Å². The van der Waals surface area contributed by atoms with E-state index in [9.17, 15) is 18.4 Å². The minimum absolute atomic E-state index is 0.00597. The number of nitrogens with zero attached hydrogens (tertiary/aromatic N) is 3. The molecular formula is C25H21F2N5O3S. The maximum Gasteiger partial charge on any atom is 0.258 e. The molecule has 0 unspecified atom stereocenters. The first-order chi connectivity index (χ1) is 17.5. The molecule has 0 radical (unpaired) electrons. The highest BCUT2D eigenvalue weighted by atomic mass is 32.2. The summed E-state index contributed by atoms with van der Waals surface area (Å²) < 4.78 is 33.6. The molecular weight excluding hydrogens is 488 g/mol. The zero-order valence-corrected chi connectivity index (χ0v) is 19.7. The van der Waals surface area contributed by atoms with Gasteiger partial charge in [-0.15, -0.1) is 10.2 Å². The van der Waals surface area contributed by atoms with Gasteiger partial charge in [0.25, 0.3) is 5.91 Å². The van der Waals surface area contributed by atoms with Crippen LogP contribution in [0.5, 0.6) is 5.75 Å². The Kier molecular flexibility index (Phi) is 8.24. The molecule has 11 heteroatoms. The van der Waals surface area contributed by atoms with Crippen LogP contribution in [0.25, 0.3) is 5.69 Å². The number of anilines is 1. The second-order valence-electron chi connectivity index (χ2n) is 7.43. The molecule has 2 amide bonds. The highest BCUT2D eigenvalue weighted by molar-refractivity contribution is 7.99. The summed E-state index contributed by atoms with van der Waals surface area (Å²) >= 11 is 1.11. The molecule has 1 aromatic heterocycles. The lowest BCUT2D eigenvalue weighted by atomic mass is 10.3. The number of ether oxygens (including phenoxy) is 1. The molecule has 0 spiro atoms. The molecule has 0 saturated carbocycles. The van der Waals surface area contributed by atoms with Gasteiger partial charge < -0.3 is 15.4 Å². The van der Waals surface area contributed by atoms with Crippen molar-refractivity contribution in [1.82, 2.24) is 20.1 Å². The normalized spacial score (nSPS) is 10.6. The monoisotopic (exact) mass is 509 g/mol. The molecule has 0 aliphatic rings. The van der Waals surface area contributed by atoms with E-state index in [0.29, 0.717) is 28.1 Å². The fourth-order valence-corrected chi connectivity index (χ4v) is 3.88. The lowest BCUT2D eigenvalue weighted by Crippen LogP contribution is -2.29. The van der Waals surface area contributed by atoms with Crippen molar-refractivity contribution < 1.29 is 23.1 Å². The van der Waals surface area contributed by atoms with Crippen LogP contribution < -0.4 is 15.4 Å². The van der Waals surface area contributed by atoms with E-state index >= 15 is 0 Å². The van der Waals surface area contributed by atoms with Crippen molar-refractivity contribution in [2.75, 3.05) is 17.7 Å². The fourth-order valence-electron chi connectivity index (χ4n) is 3.11. The van der Waals surface area contributed by atoms with Crippen molar-refractivity contribution in [3.8, 4) is 11.4 Å². The van der Waals surface area contributed by atoms with Crippen LogP contribution in [0.15, 0.2) is 84.0 Å². The third-order valence-electron chi connectivity index (χ3n) is 4.80. The number of carbonyl (C=O) groups excluding carboxylic acids is 2. The topological polar surface area (TPSA) is 98.1 Å². The van der Waals surface area contributed by atoms with E-state index in [-0.39, 0.29) is 30.7 Å². The Balaban J connectivity index is 1.42. The van der Waals surface area contributed by atoms with Gasteiger partial charge in [-0.25, -0.2) is 8.78 Å². The maximum atomic E-state index is 13.5. The van der Waals surface area contributed by atoms with Gasteiger partial charge in [0, 0.05) is 11.4 Å². The quantitative estimate of drug-likeness (QED) is 0.314. The number of halogens is 2. The third kappa shape index (κ3) is 6.89. The van der Waals surface area contributed by atoms with E-state index in [1.807, 2.05) is 6.07 Å². The molecule has 184 valence electrons. The number of aromatic nitrogens is 3. The zero-order valence-electron chi connectivity index (χ0n) is 18.9.